The Hall–Kier alpha value is -1.35. The molecule has 0 saturated heterocycles. The van der Waals surface area contributed by atoms with Crippen LogP contribution < -0.4 is 10.6 Å². The van der Waals surface area contributed by atoms with E-state index in [4.69, 9.17) is 0 Å². The third-order valence-electron chi connectivity index (χ3n) is 2.92. The zero-order valence-corrected chi connectivity index (χ0v) is 12.4. The zero-order valence-electron chi connectivity index (χ0n) is 12.4. The molecule has 0 bridgehead atoms. The number of rotatable bonds is 7. The molecule has 1 amide bonds. The molecule has 1 rings (SSSR count). The lowest BCUT2D eigenvalue weighted by atomic mass is 9.97. The van der Waals surface area contributed by atoms with Crippen molar-refractivity contribution in [3.05, 3.63) is 35.9 Å². The predicted octanol–water partition coefficient (Wildman–Crippen LogP) is 2.89. The number of carbonyl (C=O) groups excluding carboxylic acids is 1. The molecule has 0 saturated carbocycles. The Morgan fingerprint density at radius 1 is 1.11 bits per heavy atom. The van der Waals surface area contributed by atoms with Crippen LogP contribution in [0.1, 0.15) is 45.7 Å². The highest BCUT2D eigenvalue weighted by Gasteiger charge is 2.15. The molecule has 0 aliphatic rings. The summed E-state index contributed by atoms with van der Waals surface area (Å²) in [6, 6.07) is 10.6. The molecule has 0 aliphatic heterocycles. The first-order valence-electron chi connectivity index (χ1n) is 7.06. The molecule has 0 heterocycles. The van der Waals surface area contributed by atoms with E-state index in [-0.39, 0.29) is 11.9 Å². The highest BCUT2D eigenvalue weighted by Crippen LogP contribution is 2.20. The maximum Gasteiger partial charge on any atom is 0.234 e. The van der Waals surface area contributed by atoms with Gasteiger partial charge in [-0.3, -0.25) is 4.79 Å². The minimum absolute atomic E-state index is 0.0585. The van der Waals surface area contributed by atoms with Gasteiger partial charge in [0.25, 0.3) is 0 Å². The van der Waals surface area contributed by atoms with Crippen molar-refractivity contribution < 1.29 is 4.79 Å². The van der Waals surface area contributed by atoms with Crippen molar-refractivity contribution in [1.82, 2.24) is 10.6 Å². The average molecular weight is 262 g/mol. The molecule has 2 N–H and O–H groups in total. The lowest BCUT2D eigenvalue weighted by Gasteiger charge is -2.21. The molecule has 1 aromatic carbocycles. The highest BCUT2D eigenvalue weighted by atomic mass is 16.1. The van der Waals surface area contributed by atoms with Crippen LogP contribution in [-0.2, 0) is 4.79 Å². The van der Waals surface area contributed by atoms with Gasteiger partial charge in [0.15, 0.2) is 0 Å². The van der Waals surface area contributed by atoms with E-state index in [2.05, 4.69) is 36.6 Å². The van der Waals surface area contributed by atoms with Crippen molar-refractivity contribution in [2.45, 2.75) is 46.2 Å². The Labute approximate surface area is 116 Å². The van der Waals surface area contributed by atoms with Gasteiger partial charge >= 0.3 is 0 Å². The van der Waals surface area contributed by atoms with E-state index in [1.807, 2.05) is 32.0 Å². The molecule has 3 nitrogen and oxygen atoms in total. The van der Waals surface area contributed by atoms with E-state index in [0.717, 1.165) is 6.42 Å². The van der Waals surface area contributed by atoms with Crippen molar-refractivity contribution in [1.29, 1.82) is 0 Å². The quantitative estimate of drug-likeness (QED) is 0.793. The van der Waals surface area contributed by atoms with Crippen LogP contribution in [0.2, 0.25) is 0 Å². The fourth-order valence-corrected chi connectivity index (χ4v) is 1.98. The number of carbonyl (C=O) groups is 1. The second-order valence-corrected chi connectivity index (χ2v) is 5.70. The molecule has 0 fully saturated rings. The van der Waals surface area contributed by atoms with E-state index in [9.17, 15) is 4.79 Å². The van der Waals surface area contributed by atoms with Crippen molar-refractivity contribution in [2.24, 2.45) is 5.92 Å². The van der Waals surface area contributed by atoms with Crippen molar-refractivity contribution >= 4 is 5.91 Å². The summed E-state index contributed by atoms with van der Waals surface area (Å²) in [6.07, 6.45) is 0.956. The van der Waals surface area contributed by atoms with E-state index >= 15 is 0 Å². The van der Waals surface area contributed by atoms with Crippen LogP contribution in [0.15, 0.2) is 30.3 Å². The number of nitrogens with one attached hydrogen (secondary N) is 2. The van der Waals surface area contributed by atoms with Gasteiger partial charge in [-0.15, -0.1) is 0 Å². The summed E-state index contributed by atoms with van der Waals surface area (Å²) in [6.45, 7) is 8.80. The molecule has 0 radical (unpaired) electrons. The number of hydrogen-bond acceptors (Lipinski definition) is 2. The molecule has 0 spiro atoms. The molecule has 1 atom stereocenters. The van der Waals surface area contributed by atoms with Crippen molar-refractivity contribution in [3.8, 4) is 0 Å². The van der Waals surface area contributed by atoms with Gasteiger partial charge in [0.05, 0.1) is 12.6 Å². The van der Waals surface area contributed by atoms with Crippen LogP contribution in [0.25, 0.3) is 0 Å². The Bertz CT molecular complexity index is 374. The molecular weight excluding hydrogens is 236 g/mol. The Morgan fingerprint density at radius 3 is 2.26 bits per heavy atom. The Morgan fingerprint density at radius 2 is 1.74 bits per heavy atom. The zero-order chi connectivity index (χ0) is 14.3. The summed E-state index contributed by atoms with van der Waals surface area (Å²) >= 11 is 0. The lowest BCUT2D eigenvalue weighted by Crippen LogP contribution is -2.39. The van der Waals surface area contributed by atoms with Gasteiger partial charge in [-0.25, -0.2) is 0 Å². The van der Waals surface area contributed by atoms with Gasteiger partial charge in [-0.1, -0.05) is 58.0 Å². The maximum absolute atomic E-state index is 11.9. The normalized spacial score (nSPS) is 12.7. The standard InChI is InChI=1S/C16H26N2O/c1-12(2)10-15(14-8-6-5-7-9-14)18-16(19)11-17-13(3)4/h5-9,12-13,15,17H,10-11H2,1-4H3,(H,18,19). The molecule has 0 aromatic heterocycles. The molecule has 106 valence electrons. The smallest absolute Gasteiger partial charge is 0.234 e. The first-order valence-corrected chi connectivity index (χ1v) is 7.06. The number of hydrogen-bond donors (Lipinski definition) is 2. The van der Waals surface area contributed by atoms with Crippen LogP contribution in [0.3, 0.4) is 0 Å². The van der Waals surface area contributed by atoms with Gasteiger partial charge in [-0.05, 0) is 17.9 Å². The van der Waals surface area contributed by atoms with Gasteiger partial charge in [0, 0.05) is 6.04 Å². The van der Waals surface area contributed by atoms with E-state index in [1.165, 1.54) is 5.56 Å². The van der Waals surface area contributed by atoms with Gasteiger partial charge in [-0.2, -0.15) is 0 Å². The van der Waals surface area contributed by atoms with Crippen LogP contribution in [-0.4, -0.2) is 18.5 Å². The highest BCUT2D eigenvalue weighted by molar-refractivity contribution is 5.78. The minimum atomic E-state index is 0.0585. The van der Waals surface area contributed by atoms with Crippen LogP contribution >= 0.6 is 0 Å². The fraction of sp³-hybridized carbons (Fsp3) is 0.562. The molecule has 1 unspecified atom stereocenters. The lowest BCUT2D eigenvalue weighted by molar-refractivity contribution is -0.121. The van der Waals surface area contributed by atoms with Crippen molar-refractivity contribution in [3.63, 3.8) is 0 Å². The molecule has 1 aromatic rings. The molecule has 3 heteroatoms. The number of benzene rings is 1. The summed E-state index contributed by atoms with van der Waals surface area (Å²) < 4.78 is 0. The average Bonchev–Trinajstić information content (AvgIpc) is 2.36. The molecule has 0 aliphatic carbocycles. The summed E-state index contributed by atoms with van der Waals surface area (Å²) in [7, 11) is 0. The first kappa shape index (κ1) is 15.7. The third-order valence-corrected chi connectivity index (χ3v) is 2.92. The second kappa shape index (κ2) is 7.95. The van der Waals surface area contributed by atoms with Crippen molar-refractivity contribution in [2.75, 3.05) is 6.54 Å². The maximum atomic E-state index is 11.9. The monoisotopic (exact) mass is 262 g/mol. The van der Waals surface area contributed by atoms with E-state index in [0.29, 0.717) is 18.5 Å². The molecule has 19 heavy (non-hydrogen) atoms. The van der Waals surface area contributed by atoms with E-state index < -0.39 is 0 Å². The largest absolute Gasteiger partial charge is 0.348 e. The third kappa shape index (κ3) is 6.39. The predicted molar refractivity (Wildman–Crippen MR) is 79.9 cm³/mol. The summed E-state index contributed by atoms with van der Waals surface area (Å²) in [5.41, 5.74) is 1.18. The minimum Gasteiger partial charge on any atom is -0.348 e. The van der Waals surface area contributed by atoms with Gasteiger partial charge < -0.3 is 10.6 Å². The Balaban J connectivity index is 2.62. The Kier molecular flexibility index (Phi) is 6.57. The van der Waals surface area contributed by atoms with Crippen LogP contribution in [0, 0.1) is 5.92 Å². The van der Waals surface area contributed by atoms with Crippen LogP contribution in [0.5, 0.6) is 0 Å². The topological polar surface area (TPSA) is 41.1 Å². The fourth-order valence-electron chi connectivity index (χ4n) is 1.98. The SMILES string of the molecule is CC(C)CC(NC(=O)CNC(C)C)c1ccccc1. The van der Waals surface area contributed by atoms with E-state index in [1.54, 1.807) is 0 Å². The van der Waals surface area contributed by atoms with Crippen LogP contribution in [0.4, 0.5) is 0 Å². The summed E-state index contributed by atoms with van der Waals surface area (Å²) in [4.78, 5) is 11.9. The molecular formula is C16H26N2O. The summed E-state index contributed by atoms with van der Waals surface area (Å²) in [5.74, 6) is 0.603. The van der Waals surface area contributed by atoms with Gasteiger partial charge in [0.1, 0.15) is 0 Å². The first-order chi connectivity index (χ1) is 8.99. The summed E-state index contributed by atoms with van der Waals surface area (Å²) in [5, 5.41) is 6.26. The van der Waals surface area contributed by atoms with Gasteiger partial charge in [0.2, 0.25) is 5.91 Å². The second-order valence-electron chi connectivity index (χ2n) is 5.70. The number of amides is 1.